The minimum absolute atomic E-state index is 0.0765. The molecule has 1 saturated carbocycles. The topological polar surface area (TPSA) is 82.5 Å². The summed E-state index contributed by atoms with van der Waals surface area (Å²) in [5.41, 5.74) is 2.50. The summed E-state index contributed by atoms with van der Waals surface area (Å²) in [6, 6.07) is 6.40. The van der Waals surface area contributed by atoms with E-state index in [-0.39, 0.29) is 18.5 Å². The number of morpholine rings is 1. The van der Waals surface area contributed by atoms with E-state index in [1.165, 1.54) is 0 Å². The molecule has 1 aromatic carbocycles. The lowest BCUT2D eigenvalue weighted by Gasteiger charge is -2.35. The van der Waals surface area contributed by atoms with Crippen molar-refractivity contribution >= 4 is 28.7 Å². The van der Waals surface area contributed by atoms with Gasteiger partial charge in [0.05, 0.1) is 19.8 Å². The van der Waals surface area contributed by atoms with Crippen LogP contribution in [0.5, 0.6) is 0 Å². The Morgan fingerprint density at radius 1 is 1.23 bits per heavy atom. The van der Waals surface area contributed by atoms with E-state index in [2.05, 4.69) is 29.5 Å². The van der Waals surface area contributed by atoms with Crippen LogP contribution in [0.1, 0.15) is 58.1 Å². The summed E-state index contributed by atoms with van der Waals surface area (Å²) in [5.74, 6) is 0.566. The number of ether oxygens (including phenoxy) is 4. The highest BCUT2D eigenvalue weighted by Crippen LogP contribution is 2.33. The number of fused-ring (bicyclic) bond motifs is 1. The number of methoxy groups -OCH3 is 1. The number of carbonyl (C=O) groups excluding carboxylic acids is 2. The quantitative estimate of drug-likeness (QED) is 0.300. The molecule has 1 aromatic heterocycles. The van der Waals surface area contributed by atoms with Gasteiger partial charge in [-0.3, -0.25) is 4.79 Å². The third-order valence-corrected chi connectivity index (χ3v) is 6.96. The summed E-state index contributed by atoms with van der Waals surface area (Å²) in [4.78, 5) is 30.0. The van der Waals surface area contributed by atoms with Crippen molar-refractivity contribution in [3.8, 4) is 0 Å². The van der Waals surface area contributed by atoms with Gasteiger partial charge >= 0.3 is 6.09 Å². The molecule has 2 fully saturated rings. The molecule has 39 heavy (non-hydrogen) atoms. The van der Waals surface area contributed by atoms with E-state index in [4.69, 9.17) is 18.9 Å². The van der Waals surface area contributed by atoms with Gasteiger partial charge in [0.2, 0.25) is 0 Å². The monoisotopic (exact) mass is 541 g/mol. The largest absolute Gasteiger partial charge is 0.494 e. The van der Waals surface area contributed by atoms with Crippen LogP contribution in [0.2, 0.25) is 0 Å². The third kappa shape index (κ3) is 7.33. The van der Waals surface area contributed by atoms with Crippen molar-refractivity contribution in [1.82, 2.24) is 14.4 Å². The predicted octanol–water partition coefficient (Wildman–Crippen LogP) is 4.81. The first-order valence-electron chi connectivity index (χ1n) is 13.9. The van der Waals surface area contributed by atoms with E-state index in [1.807, 2.05) is 38.7 Å². The Labute approximate surface area is 231 Å². The number of aromatic nitrogens is 1. The highest BCUT2D eigenvalue weighted by atomic mass is 16.6. The van der Waals surface area contributed by atoms with Gasteiger partial charge in [-0.25, -0.2) is 4.79 Å². The summed E-state index contributed by atoms with van der Waals surface area (Å²) in [6.45, 7) is 14.9. The molecule has 0 unspecified atom stereocenters. The van der Waals surface area contributed by atoms with Crippen molar-refractivity contribution in [2.45, 2.75) is 77.8 Å². The highest BCUT2D eigenvalue weighted by molar-refractivity contribution is 5.88. The zero-order valence-corrected chi connectivity index (χ0v) is 24.0. The molecular weight excluding hydrogens is 498 g/mol. The number of benzene rings is 1. The minimum Gasteiger partial charge on any atom is -0.494 e. The van der Waals surface area contributed by atoms with E-state index in [1.54, 1.807) is 12.0 Å². The third-order valence-electron chi connectivity index (χ3n) is 6.96. The van der Waals surface area contributed by atoms with Gasteiger partial charge in [-0.1, -0.05) is 18.7 Å². The van der Waals surface area contributed by atoms with E-state index < -0.39 is 17.8 Å². The number of aryl methyl sites for hydroxylation is 1. The first-order valence-corrected chi connectivity index (χ1v) is 13.9. The zero-order valence-electron chi connectivity index (χ0n) is 24.0. The lowest BCUT2D eigenvalue weighted by atomic mass is 10.1. The average molecular weight is 542 g/mol. The molecule has 2 aromatic rings. The second-order valence-electron chi connectivity index (χ2n) is 11.3. The number of hydrogen-bond acceptors (Lipinski definition) is 6. The van der Waals surface area contributed by atoms with E-state index in [0.717, 1.165) is 47.8 Å². The van der Waals surface area contributed by atoms with E-state index in [0.29, 0.717) is 38.7 Å². The Hall–Kier alpha value is -3.04. The maximum atomic E-state index is 13.8. The van der Waals surface area contributed by atoms with Gasteiger partial charge in [0.15, 0.2) is 6.10 Å². The molecule has 1 saturated heterocycles. The number of hydrogen-bond donors (Lipinski definition) is 0. The smallest absolute Gasteiger partial charge is 0.410 e. The number of carbonyl (C=O) groups is 2. The van der Waals surface area contributed by atoms with Crippen LogP contribution in [0.25, 0.3) is 16.7 Å². The van der Waals surface area contributed by atoms with Crippen molar-refractivity contribution in [2.75, 3.05) is 40.0 Å². The summed E-state index contributed by atoms with van der Waals surface area (Å²) in [6.07, 6.45) is 3.84. The Bertz CT molecular complexity index is 1180. The lowest BCUT2D eigenvalue weighted by Crippen LogP contribution is -2.53. The van der Waals surface area contributed by atoms with Crippen molar-refractivity contribution in [1.29, 1.82) is 0 Å². The highest BCUT2D eigenvalue weighted by Gasteiger charge is 2.39. The van der Waals surface area contributed by atoms with Crippen molar-refractivity contribution in [2.24, 2.45) is 0 Å². The van der Waals surface area contributed by atoms with Gasteiger partial charge in [0.1, 0.15) is 11.4 Å². The SMILES string of the molecule is C=C(OCC)c1ccc2c(CN(C(=O)[C@H]3CN(C(=O)OC(C)(C)C)CCO3)C3CC3)cn(CCCOC)c2c1. The molecule has 1 aliphatic heterocycles. The van der Waals surface area contributed by atoms with E-state index >= 15 is 0 Å². The average Bonchev–Trinajstić information content (AvgIpc) is 3.69. The fraction of sp³-hybridized carbons (Fsp3) is 0.600. The molecule has 2 aliphatic rings. The van der Waals surface area contributed by atoms with Gasteiger partial charge in [-0.2, -0.15) is 0 Å². The second kappa shape index (κ2) is 12.4. The summed E-state index contributed by atoms with van der Waals surface area (Å²) in [5, 5.41) is 1.10. The molecule has 1 atom stereocenters. The minimum atomic E-state index is -0.706. The number of rotatable bonds is 11. The molecule has 214 valence electrons. The van der Waals surface area contributed by atoms with Crippen molar-refractivity contribution in [3.63, 3.8) is 0 Å². The molecule has 9 heteroatoms. The maximum Gasteiger partial charge on any atom is 0.410 e. The molecule has 2 amide bonds. The predicted molar refractivity (Wildman–Crippen MR) is 150 cm³/mol. The van der Waals surface area contributed by atoms with Crippen LogP contribution in [0.3, 0.4) is 0 Å². The maximum absolute atomic E-state index is 13.8. The number of nitrogens with zero attached hydrogens (tertiary/aromatic N) is 3. The van der Waals surface area contributed by atoms with Crippen molar-refractivity contribution < 1.29 is 28.5 Å². The van der Waals surface area contributed by atoms with Gasteiger partial charge in [-0.05, 0) is 58.6 Å². The summed E-state index contributed by atoms with van der Waals surface area (Å²) >= 11 is 0. The van der Waals surface area contributed by atoms with Gasteiger partial charge in [0.25, 0.3) is 5.91 Å². The van der Waals surface area contributed by atoms with Crippen LogP contribution in [-0.4, -0.2) is 84.1 Å². The van der Waals surface area contributed by atoms with E-state index in [9.17, 15) is 9.59 Å². The molecule has 1 aliphatic carbocycles. The molecular formula is C30H43N3O6. The normalized spacial score (nSPS) is 17.8. The second-order valence-corrected chi connectivity index (χ2v) is 11.3. The standard InChI is InChI=1S/C30H43N3O6/c1-7-37-21(2)22-9-12-25-23(18-31(26(25)17-22)13-8-15-36-6)19-33(24-10-11-24)28(34)27-20-32(14-16-38-27)29(35)39-30(3,4)5/h9,12,17-18,24,27H,2,7-8,10-11,13-16,19-20H2,1,3-6H3/t27-/m1/s1. The van der Waals surface area contributed by atoms with Gasteiger partial charge in [0, 0.05) is 62.1 Å². The Morgan fingerprint density at radius 2 is 2.00 bits per heavy atom. The van der Waals surface area contributed by atoms with Gasteiger partial charge < -0.3 is 33.3 Å². The first-order chi connectivity index (χ1) is 18.6. The summed E-state index contributed by atoms with van der Waals surface area (Å²) in [7, 11) is 1.71. The van der Waals surface area contributed by atoms with Crippen LogP contribution < -0.4 is 0 Å². The number of amides is 2. The Balaban J connectivity index is 1.56. The van der Waals surface area contributed by atoms with Crippen molar-refractivity contribution in [3.05, 3.63) is 42.1 Å². The lowest BCUT2D eigenvalue weighted by molar-refractivity contribution is -0.150. The molecule has 0 bridgehead atoms. The first kappa shape index (κ1) is 29.0. The molecule has 0 spiro atoms. The Morgan fingerprint density at radius 3 is 2.67 bits per heavy atom. The van der Waals surface area contributed by atoms with Crippen LogP contribution >= 0.6 is 0 Å². The fourth-order valence-electron chi connectivity index (χ4n) is 4.92. The fourth-order valence-corrected chi connectivity index (χ4v) is 4.92. The van der Waals surface area contributed by atoms with Crippen LogP contribution in [-0.2, 0) is 36.8 Å². The molecule has 0 N–H and O–H groups in total. The summed E-state index contributed by atoms with van der Waals surface area (Å²) < 4.78 is 24.6. The van der Waals surface area contributed by atoms with Crippen LogP contribution in [0.4, 0.5) is 4.79 Å². The Kier molecular flexibility index (Phi) is 9.23. The van der Waals surface area contributed by atoms with Gasteiger partial charge in [-0.15, -0.1) is 0 Å². The zero-order chi connectivity index (χ0) is 28.2. The molecule has 9 nitrogen and oxygen atoms in total. The van der Waals surface area contributed by atoms with Crippen LogP contribution in [0, 0.1) is 0 Å². The molecule has 4 rings (SSSR count). The molecule has 0 radical (unpaired) electrons. The molecule has 2 heterocycles. The van der Waals surface area contributed by atoms with Crippen LogP contribution in [0.15, 0.2) is 31.0 Å².